The van der Waals surface area contributed by atoms with Gasteiger partial charge in [-0.05, 0) is 61.8 Å². The molecule has 0 radical (unpaired) electrons. The Morgan fingerprint density at radius 1 is 1.25 bits per heavy atom. The van der Waals surface area contributed by atoms with E-state index in [1.54, 1.807) is 17.8 Å². The van der Waals surface area contributed by atoms with Gasteiger partial charge in [0, 0.05) is 29.2 Å². The van der Waals surface area contributed by atoms with Crippen LogP contribution in [0.1, 0.15) is 50.1 Å². The third-order valence-corrected chi connectivity index (χ3v) is 6.51. The minimum absolute atomic E-state index is 0. The molecule has 3 atom stereocenters. The molecule has 3 aliphatic rings. The Hall–Kier alpha value is -0.780. The third-order valence-electron chi connectivity index (χ3n) is 5.39. The molecule has 2 saturated heterocycles. The number of benzene rings is 1. The number of carbonyl (C=O) groups is 1. The molecule has 2 N–H and O–H groups in total. The normalized spacial score (nSPS) is 31.0. The summed E-state index contributed by atoms with van der Waals surface area (Å²) in [5.74, 6) is 1.38. The number of nitrogens with one attached hydrogen (secondary N) is 2. The van der Waals surface area contributed by atoms with E-state index < -0.39 is 0 Å². The number of thioether (sulfide) groups is 1. The molecule has 3 aliphatic heterocycles. The molecular formula is C18H24ClFN2OS. The predicted octanol–water partition coefficient (Wildman–Crippen LogP) is 3.82. The summed E-state index contributed by atoms with van der Waals surface area (Å²) in [7, 11) is 0. The van der Waals surface area contributed by atoms with Crippen LogP contribution >= 0.6 is 24.2 Å². The van der Waals surface area contributed by atoms with E-state index in [0.29, 0.717) is 24.4 Å². The third kappa shape index (κ3) is 3.89. The molecule has 3 heterocycles. The Kier molecular flexibility index (Phi) is 5.73. The van der Waals surface area contributed by atoms with Crippen molar-refractivity contribution in [2.24, 2.45) is 5.92 Å². The molecule has 0 aromatic heterocycles. The Morgan fingerprint density at radius 2 is 2.00 bits per heavy atom. The van der Waals surface area contributed by atoms with Crippen LogP contribution in [0, 0.1) is 11.7 Å². The minimum Gasteiger partial charge on any atom is -0.349 e. The lowest BCUT2D eigenvalue weighted by Crippen LogP contribution is -2.40. The Labute approximate surface area is 152 Å². The topological polar surface area (TPSA) is 41.1 Å². The number of amides is 1. The van der Waals surface area contributed by atoms with Crippen LogP contribution in [0.15, 0.2) is 23.1 Å². The summed E-state index contributed by atoms with van der Waals surface area (Å²) in [5.41, 5.74) is 0.944. The highest BCUT2D eigenvalue weighted by molar-refractivity contribution is 7.99. The standard InChI is InChI=1S/C18H23FN2OS.ClH/c19-12-1-4-17-15(10-12)16(5-6-23-17)21-18(22)9-11-7-13-2-3-14(8-11)20-13;/h1,4,10-11,13-14,16,20H,2-3,5-9H2,(H,21,22);1H. The first-order valence-corrected chi connectivity index (χ1v) is 9.63. The average Bonchev–Trinajstić information content (AvgIpc) is 2.86. The first-order valence-electron chi connectivity index (χ1n) is 8.65. The molecule has 3 unspecified atom stereocenters. The zero-order valence-electron chi connectivity index (χ0n) is 13.6. The summed E-state index contributed by atoms with van der Waals surface area (Å²) >= 11 is 1.75. The number of halogens is 2. The Balaban J connectivity index is 0.00000169. The summed E-state index contributed by atoms with van der Waals surface area (Å²) in [4.78, 5) is 13.6. The number of piperidine rings is 1. The van der Waals surface area contributed by atoms with Gasteiger partial charge in [0.25, 0.3) is 0 Å². The zero-order valence-corrected chi connectivity index (χ0v) is 15.2. The van der Waals surface area contributed by atoms with E-state index in [-0.39, 0.29) is 30.2 Å². The number of hydrogen-bond acceptors (Lipinski definition) is 3. The molecule has 0 aliphatic carbocycles. The van der Waals surface area contributed by atoms with E-state index in [2.05, 4.69) is 10.6 Å². The molecular weight excluding hydrogens is 347 g/mol. The molecule has 4 rings (SSSR count). The highest BCUT2D eigenvalue weighted by Crippen LogP contribution is 2.37. The second-order valence-electron chi connectivity index (χ2n) is 7.12. The van der Waals surface area contributed by atoms with Gasteiger partial charge in [-0.1, -0.05) is 0 Å². The summed E-state index contributed by atoms with van der Waals surface area (Å²) in [6, 6.07) is 6.11. The van der Waals surface area contributed by atoms with Gasteiger partial charge in [0.15, 0.2) is 0 Å². The number of carbonyl (C=O) groups excluding carboxylic acids is 1. The van der Waals surface area contributed by atoms with Crippen molar-refractivity contribution in [3.8, 4) is 0 Å². The predicted molar refractivity (Wildman–Crippen MR) is 97.2 cm³/mol. The van der Waals surface area contributed by atoms with Gasteiger partial charge in [0.2, 0.25) is 5.91 Å². The minimum atomic E-state index is -0.222. The number of hydrogen-bond donors (Lipinski definition) is 2. The Morgan fingerprint density at radius 3 is 2.75 bits per heavy atom. The van der Waals surface area contributed by atoms with Crippen LogP contribution in [-0.2, 0) is 4.79 Å². The highest BCUT2D eigenvalue weighted by atomic mass is 35.5. The largest absolute Gasteiger partial charge is 0.349 e. The summed E-state index contributed by atoms with van der Waals surface area (Å²) in [6.07, 6.45) is 6.25. The van der Waals surface area contributed by atoms with Crippen molar-refractivity contribution >= 4 is 30.1 Å². The zero-order chi connectivity index (χ0) is 15.8. The van der Waals surface area contributed by atoms with Gasteiger partial charge < -0.3 is 10.6 Å². The van der Waals surface area contributed by atoms with Gasteiger partial charge in [0.1, 0.15) is 5.82 Å². The van der Waals surface area contributed by atoms with Crippen molar-refractivity contribution in [3.05, 3.63) is 29.6 Å². The second-order valence-corrected chi connectivity index (χ2v) is 8.26. The van der Waals surface area contributed by atoms with E-state index in [9.17, 15) is 9.18 Å². The molecule has 24 heavy (non-hydrogen) atoms. The van der Waals surface area contributed by atoms with Crippen LogP contribution in [0.3, 0.4) is 0 Å². The molecule has 1 aromatic rings. The molecule has 0 saturated carbocycles. The van der Waals surface area contributed by atoms with Crippen molar-refractivity contribution in [1.82, 2.24) is 10.6 Å². The van der Waals surface area contributed by atoms with Crippen LogP contribution in [0.4, 0.5) is 4.39 Å². The monoisotopic (exact) mass is 370 g/mol. The maximum absolute atomic E-state index is 13.5. The fraction of sp³-hybridized carbons (Fsp3) is 0.611. The van der Waals surface area contributed by atoms with Crippen LogP contribution in [-0.4, -0.2) is 23.7 Å². The van der Waals surface area contributed by atoms with Gasteiger partial charge in [-0.2, -0.15) is 0 Å². The van der Waals surface area contributed by atoms with Crippen molar-refractivity contribution in [1.29, 1.82) is 0 Å². The lowest BCUT2D eigenvalue weighted by molar-refractivity contribution is -0.123. The van der Waals surface area contributed by atoms with Crippen molar-refractivity contribution in [2.75, 3.05) is 5.75 Å². The summed E-state index contributed by atoms with van der Waals surface area (Å²) in [5, 5.41) is 6.78. The van der Waals surface area contributed by atoms with Crippen molar-refractivity contribution in [2.45, 2.75) is 61.5 Å². The molecule has 3 nitrogen and oxygen atoms in total. The first-order chi connectivity index (χ1) is 11.2. The van der Waals surface area contributed by atoms with Crippen LogP contribution in [0.5, 0.6) is 0 Å². The SMILES string of the molecule is Cl.O=C(CC1CC2CCC(C1)N2)NC1CCSc2ccc(F)cc21. The summed E-state index contributed by atoms with van der Waals surface area (Å²) in [6.45, 7) is 0. The molecule has 6 heteroatoms. The van der Waals surface area contributed by atoms with Gasteiger partial charge in [-0.25, -0.2) is 4.39 Å². The fourth-order valence-corrected chi connectivity index (χ4v) is 5.48. The van der Waals surface area contributed by atoms with E-state index in [4.69, 9.17) is 0 Å². The lowest BCUT2D eigenvalue weighted by Gasteiger charge is -2.30. The number of rotatable bonds is 3. The van der Waals surface area contributed by atoms with Crippen molar-refractivity contribution < 1.29 is 9.18 Å². The molecule has 2 bridgehead atoms. The van der Waals surface area contributed by atoms with Gasteiger partial charge in [0.05, 0.1) is 6.04 Å². The quantitative estimate of drug-likeness (QED) is 0.849. The number of fused-ring (bicyclic) bond motifs is 3. The van der Waals surface area contributed by atoms with E-state index >= 15 is 0 Å². The summed E-state index contributed by atoms with van der Waals surface area (Å²) < 4.78 is 13.5. The lowest BCUT2D eigenvalue weighted by atomic mass is 9.89. The van der Waals surface area contributed by atoms with E-state index in [1.165, 1.54) is 18.9 Å². The Bertz CT molecular complexity index is 603. The van der Waals surface area contributed by atoms with Crippen LogP contribution in [0.2, 0.25) is 0 Å². The maximum atomic E-state index is 13.5. The van der Waals surface area contributed by atoms with E-state index in [0.717, 1.165) is 35.5 Å². The molecule has 1 amide bonds. The molecule has 1 aromatic carbocycles. The first kappa shape index (κ1) is 18.0. The van der Waals surface area contributed by atoms with Gasteiger partial charge in [-0.15, -0.1) is 24.2 Å². The van der Waals surface area contributed by atoms with E-state index in [1.807, 2.05) is 6.07 Å². The highest BCUT2D eigenvalue weighted by Gasteiger charge is 2.34. The van der Waals surface area contributed by atoms with Gasteiger partial charge in [-0.3, -0.25) is 4.79 Å². The molecule has 2 fully saturated rings. The van der Waals surface area contributed by atoms with Crippen molar-refractivity contribution in [3.63, 3.8) is 0 Å². The maximum Gasteiger partial charge on any atom is 0.220 e. The van der Waals surface area contributed by atoms with Gasteiger partial charge >= 0.3 is 0 Å². The van der Waals surface area contributed by atoms with Crippen LogP contribution in [0.25, 0.3) is 0 Å². The second kappa shape index (κ2) is 7.63. The average molecular weight is 371 g/mol. The molecule has 132 valence electrons. The molecule has 0 spiro atoms. The van der Waals surface area contributed by atoms with Crippen LogP contribution < -0.4 is 10.6 Å². The fourth-order valence-electron chi connectivity index (χ4n) is 4.37. The smallest absolute Gasteiger partial charge is 0.220 e.